The van der Waals surface area contributed by atoms with Crippen molar-refractivity contribution in [1.29, 1.82) is 0 Å². The second-order valence-corrected chi connectivity index (χ2v) is 4.96. The van der Waals surface area contributed by atoms with Gasteiger partial charge in [-0.25, -0.2) is 0 Å². The molecule has 0 N–H and O–H groups in total. The number of carbonyl (C=O) groups excluding carboxylic acids is 1. The summed E-state index contributed by atoms with van der Waals surface area (Å²) >= 11 is 0. The number of methoxy groups -OCH3 is 4. The van der Waals surface area contributed by atoms with Gasteiger partial charge in [0.05, 0.1) is 40.8 Å². The Morgan fingerprint density at radius 3 is 2.15 bits per heavy atom. The van der Waals surface area contributed by atoms with Crippen LogP contribution in [0.15, 0.2) is 30.3 Å². The molecule has 0 radical (unpaired) electrons. The first-order valence-corrected chi connectivity index (χ1v) is 7.47. The van der Waals surface area contributed by atoms with Crippen molar-refractivity contribution in [3.63, 3.8) is 0 Å². The van der Waals surface area contributed by atoms with Crippen LogP contribution in [0.5, 0.6) is 23.0 Å². The molecular weight excluding hydrogens is 431 g/mol. The molecule has 0 bridgehead atoms. The predicted molar refractivity (Wildman–Crippen MR) is 91.1 cm³/mol. The largest absolute Gasteiger partial charge is 2.00 e. The summed E-state index contributed by atoms with van der Waals surface area (Å²) in [5.41, 5.74) is 1.32. The molecule has 0 aliphatic rings. The van der Waals surface area contributed by atoms with Crippen LogP contribution in [0.1, 0.15) is 11.1 Å². The number of carbonyl (C=O) groups is 1. The van der Waals surface area contributed by atoms with Crippen molar-refractivity contribution in [2.75, 3.05) is 28.4 Å². The van der Waals surface area contributed by atoms with E-state index in [1.165, 1.54) is 13.5 Å². The zero-order chi connectivity index (χ0) is 18.2. The van der Waals surface area contributed by atoms with Crippen molar-refractivity contribution in [3.05, 3.63) is 53.9 Å². The Balaban J connectivity index is 0.00000338. The van der Waals surface area contributed by atoms with Gasteiger partial charge in [-0.3, -0.25) is 4.79 Å². The second-order valence-electron chi connectivity index (χ2n) is 4.96. The Labute approximate surface area is 167 Å². The summed E-state index contributed by atoms with van der Waals surface area (Å²) in [5, 5.41) is 0. The third kappa shape index (κ3) is 5.58. The maximum Gasteiger partial charge on any atom is 2.00 e. The number of rotatable bonds is 8. The fraction of sp³-hybridized carbons (Fsp3) is 0.263. The zero-order valence-electron chi connectivity index (χ0n) is 14.9. The molecule has 0 saturated carbocycles. The van der Waals surface area contributed by atoms with Crippen LogP contribution in [0.3, 0.4) is 0 Å². The van der Waals surface area contributed by atoms with E-state index in [4.69, 9.17) is 23.7 Å². The summed E-state index contributed by atoms with van der Waals surface area (Å²) < 4.78 is 26.0. The standard InChI is InChI=1S/C19H20O6.Pd/c1-21-15-7-5-13(9-17(15)23-3)11-19(20)25-12-14-6-8-16(22-2)18(10-14)24-4;/h5,7-11H,12H2,1-4H3;/q-2;+2. The van der Waals surface area contributed by atoms with E-state index in [2.05, 4.69) is 6.07 Å². The molecule has 142 valence electrons. The van der Waals surface area contributed by atoms with E-state index in [9.17, 15) is 4.79 Å². The molecule has 0 aromatic heterocycles. The Morgan fingerprint density at radius 2 is 1.54 bits per heavy atom. The number of ether oxygens (including phenoxy) is 5. The van der Waals surface area contributed by atoms with Gasteiger partial charge in [-0.15, -0.1) is 23.8 Å². The van der Waals surface area contributed by atoms with Crippen LogP contribution in [0, 0.1) is 12.5 Å². The van der Waals surface area contributed by atoms with Gasteiger partial charge >= 0.3 is 20.4 Å². The van der Waals surface area contributed by atoms with E-state index in [0.717, 1.165) is 0 Å². The van der Waals surface area contributed by atoms with E-state index < -0.39 is 5.97 Å². The quantitative estimate of drug-likeness (QED) is 0.350. The van der Waals surface area contributed by atoms with Crippen LogP contribution in [0.25, 0.3) is 0 Å². The summed E-state index contributed by atoms with van der Waals surface area (Å²) in [4.78, 5) is 12.0. The average Bonchev–Trinajstić information content (AvgIpc) is 2.65. The van der Waals surface area contributed by atoms with Gasteiger partial charge in [0.1, 0.15) is 11.5 Å². The molecule has 0 spiro atoms. The van der Waals surface area contributed by atoms with Crippen molar-refractivity contribution in [1.82, 2.24) is 0 Å². The van der Waals surface area contributed by atoms with E-state index >= 15 is 0 Å². The minimum Gasteiger partial charge on any atom is -0.551 e. The Hall–Kier alpha value is -2.36. The van der Waals surface area contributed by atoms with Gasteiger partial charge in [0.15, 0.2) is 0 Å². The minimum absolute atomic E-state index is 0. The molecule has 7 heteroatoms. The molecule has 0 fully saturated rings. The second kappa shape index (κ2) is 10.6. The van der Waals surface area contributed by atoms with Crippen molar-refractivity contribution in [2.24, 2.45) is 0 Å². The van der Waals surface area contributed by atoms with Crippen molar-refractivity contribution in [2.45, 2.75) is 6.61 Å². The molecule has 0 aliphatic carbocycles. The van der Waals surface area contributed by atoms with Crippen molar-refractivity contribution >= 4 is 5.97 Å². The smallest absolute Gasteiger partial charge is 0.551 e. The van der Waals surface area contributed by atoms with E-state index in [0.29, 0.717) is 34.1 Å². The van der Waals surface area contributed by atoms with Crippen molar-refractivity contribution < 1.29 is 48.9 Å². The average molecular weight is 451 g/mol. The van der Waals surface area contributed by atoms with E-state index in [1.807, 2.05) is 0 Å². The van der Waals surface area contributed by atoms with E-state index in [-0.39, 0.29) is 27.0 Å². The topological polar surface area (TPSA) is 63.2 Å². The van der Waals surface area contributed by atoms with Gasteiger partial charge in [-0.05, 0) is 0 Å². The van der Waals surface area contributed by atoms with Gasteiger partial charge in [-0.1, -0.05) is 12.5 Å². The monoisotopic (exact) mass is 450 g/mol. The number of benzene rings is 2. The molecule has 6 nitrogen and oxygen atoms in total. The van der Waals surface area contributed by atoms with Crippen LogP contribution in [0.2, 0.25) is 0 Å². The summed E-state index contributed by atoms with van der Waals surface area (Å²) in [6, 6.07) is 11.5. The molecular formula is C19H20O6Pd. The first-order chi connectivity index (χ1) is 12.1. The number of esters is 1. The minimum atomic E-state index is -0.476. The van der Waals surface area contributed by atoms with Crippen LogP contribution >= 0.6 is 0 Å². The third-order valence-electron chi connectivity index (χ3n) is 3.44. The fourth-order valence-electron chi connectivity index (χ4n) is 2.17. The third-order valence-corrected chi connectivity index (χ3v) is 3.44. The SMILES string of the molecule is COc1c[c-]c(COC(=O)[CH-]c2ccc(OC)c(OC)c2)cc1OC.[Pd+2]. The van der Waals surface area contributed by atoms with Crippen LogP contribution < -0.4 is 18.9 Å². The molecule has 26 heavy (non-hydrogen) atoms. The molecule has 2 aromatic rings. The summed E-state index contributed by atoms with van der Waals surface area (Å²) in [7, 11) is 6.17. The summed E-state index contributed by atoms with van der Waals surface area (Å²) in [6.45, 7) is 0.0724. The Bertz CT molecular complexity index is 732. The summed E-state index contributed by atoms with van der Waals surface area (Å²) in [5.74, 6) is 1.77. The summed E-state index contributed by atoms with van der Waals surface area (Å²) in [6.07, 6.45) is 1.38. The Morgan fingerprint density at radius 1 is 0.923 bits per heavy atom. The molecule has 0 atom stereocenters. The van der Waals surface area contributed by atoms with Gasteiger partial charge in [0.2, 0.25) is 0 Å². The number of hydrogen-bond acceptors (Lipinski definition) is 6. The first-order valence-electron chi connectivity index (χ1n) is 7.47. The molecule has 2 rings (SSSR count). The zero-order valence-corrected chi connectivity index (χ0v) is 16.5. The molecule has 0 saturated heterocycles. The van der Waals surface area contributed by atoms with Gasteiger partial charge < -0.3 is 23.7 Å². The van der Waals surface area contributed by atoms with Crippen molar-refractivity contribution in [3.8, 4) is 23.0 Å². The predicted octanol–water partition coefficient (Wildman–Crippen LogP) is 2.81. The molecule has 0 unspecified atom stereocenters. The van der Waals surface area contributed by atoms with E-state index in [1.54, 1.807) is 51.7 Å². The first kappa shape index (κ1) is 21.7. The maximum atomic E-state index is 12.0. The van der Waals surface area contributed by atoms with Gasteiger partial charge in [0, 0.05) is 5.75 Å². The fourth-order valence-corrected chi connectivity index (χ4v) is 2.17. The van der Waals surface area contributed by atoms with Crippen LogP contribution in [-0.2, 0) is 36.6 Å². The molecule has 0 heterocycles. The Kier molecular flexibility index (Phi) is 8.83. The van der Waals surface area contributed by atoms with Gasteiger partial charge in [0.25, 0.3) is 5.97 Å². The maximum absolute atomic E-state index is 12.0. The van der Waals surface area contributed by atoms with Crippen LogP contribution in [0.4, 0.5) is 0 Å². The number of hydrogen-bond donors (Lipinski definition) is 0. The van der Waals surface area contributed by atoms with Crippen LogP contribution in [-0.4, -0.2) is 34.4 Å². The normalized spacial score (nSPS) is 9.54. The molecule has 2 aromatic carbocycles. The molecule has 0 amide bonds. The van der Waals surface area contributed by atoms with Gasteiger partial charge in [-0.2, -0.15) is 17.7 Å². The molecule has 0 aliphatic heterocycles.